The summed E-state index contributed by atoms with van der Waals surface area (Å²) in [5, 5.41) is 14.5. The summed E-state index contributed by atoms with van der Waals surface area (Å²) in [7, 11) is -8.09. The van der Waals surface area contributed by atoms with Gasteiger partial charge in [0.1, 0.15) is 21.3 Å². The number of carboxylic acid groups (broad SMARTS) is 1. The lowest BCUT2D eigenvalue weighted by Gasteiger charge is -2.14. The Labute approximate surface area is 178 Å². The van der Waals surface area contributed by atoms with E-state index in [0.29, 0.717) is 18.4 Å². The number of ether oxygens (including phenoxy) is 1. The average molecular weight is 466 g/mol. The lowest BCUT2D eigenvalue weighted by Crippen LogP contribution is -2.14. The minimum atomic E-state index is -4.21. The number of aromatic nitrogens is 2. The number of H-pyrrole nitrogens is 1. The second-order valence-electron chi connectivity index (χ2n) is 6.74. The number of aryl methyl sites for hydroxylation is 2. The summed E-state index contributed by atoms with van der Waals surface area (Å²) in [6, 6.07) is 7.61. The molecule has 3 rings (SSSR count). The van der Waals surface area contributed by atoms with Gasteiger partial charge in [0, 0.05) is 18.1 Å². The van der Waals surface area contributed by atoms with Gasteiger partial charge < -0.3 is 14.8 Å². The summed E-state index contributed by atoms with van der Waals surface area (Å²) in [5.74, 6) is -1.72. The highest BCUT2D eigenvalue weighted by atomic mass is 32.2. The van der Waals surface area contributed by atoms with Gasteiger partial charge in [0.15, 0.2) is 9.84 Å². The molecule has 1 heterocycles. The molecule has 0 saturated heterocycles. The van der Waals surface area contributed by atoms with E-state index >= 15 is 0 Å². The average Bonchev–Trinajstić information content (AvgIpc) is 3.19. The summed E-state index contributed by atoms with van der Waals surface area (Å²) in [4.78, 5) is 17.3. The number of carboxylic acids is 1. The fourth-order valence-corrected chi connectivity index (χ4v) is 4.37. The van der Waals surface area contributed by atoms with E-state index in [1.807, 2.05) is 0 Å². The number of nitrogens with one attached hydrogen (secondary N) is 1. The van der Waals surface area contributed by atoms with Crippen LogP contribution in [0, 0.1) is 0 Å². The van der Waals surface area contributed by atoms with Crippen LogP contribution < -0.4 is 9.88 Å². The van der Waals surface area contributed by atoms with Gasteiger partial charge in [0.2, 0.25) is 10.0 Å². The minimum absolute atomic E-state index is 0.180. The molecule has 2 aromatic carbocycles. The maximum atomic E-state index is 12.1. The molecule has 4 N–H and O–H groups in total. The van der Waals surface area contributed by atoms with Gasteiger partial charge in [0.25, 0.3) is 0 Å². The van der Waals surface area contributed by atoms with Crippen molar-refractivity contribution in [2.24, 2.45) is 5.14 Å². The molecule has 0 radical (unpaired) electrons. The van der Waals surface area contributed by atoms with E-state index in [2.05, 4.69) is 9.97 Å². The quantitative estimate of drug-likeness (QED) is 0.452. The summed E-state index contributed by atoms with van der Waals surface area (Å²) in [6.07, 6.45) is 5.16. The second-order valence-corrected chi connectivity index (χ2v) is 10.3. The van der Waals surface area contributed by atoms with Gasteiger partial charge in [-0.2, -0.15) is 0 Å². The van der Waals surface area contributed by atoms with Crippen molar-refractivity contribution >= 4 is 25.8 Å². The predicted molar refractivity (Wildman–Crippen MR) is 110 cm³/mol. The number of imidazole rings is 1. The topological polar surface area (TPSA) is 170 Å². The van der Waals surface area contributed by atoms with Gasteiger partial charge in [-0.25, -0.2) is 31.8 Å². The molecule has 31 heavy (non-hydrogen) atoms. The van der Waals surface area contributed by atoms with Crippen molar-refractivity contribution in [3.63, 3.8) is 0 Å². The zero-order valence-corrected chi connectivity index (χ0v) is 17.9. The normalized spacial score (nSPS) is 11.9. The third-order valence-corrected chi connectivity index (χ3v) is 6.41. The van der Waals surface area contributed by atoms with Gasteiger partial charge >= 0.3 is 5.97 Å². The predicted octanol–water partition coefficient (Wildman–Crippen LogP) is 1.74. The number of rotatable bonds is 8. The number of nitrogens with two attached hydrogens (primary N) is 1. The van der Waals surface area contributed by atoms with Crippen LogP contribution in [0.5, 0.6) is 11.5 Å². The monoisotopic (exact) mass is 465 g/mol. The van der Waals surface area contributed by atoms with Gasteiger partial charge in [-0.15, -0.1) is 0 Å². The zero-order chi connectivity index (χ0) is 22.8. The molecule has 164 valence electrons. The maximum absolute atomic E-state index is 12.1. The number of benzene rings is 2. The van der Waals surface area contributed by atoms with E-state index in [1.165, 1.54) is 18.5 Å². The molecule has 3 aromatic rings. The molecule has 0 spiro atoms. The molecule has 1 aromatic heterocycles. The minimum Gasteiger partial charge on any atom is -0.478 e. The van der Waals surface area contributed by atoms with E-state index in [9.17, 15) is 21.6 Å². The summed E-state index contributed by atoms with van der Waals surface area (Å²) < 4.78 is 54.1. The first-order valence-electron chi connectivity index (χ1n) is 8.83. The molecule has 0 amide bonds. The van der Waals surface area contributed by atoms with Crippen LogP contribution in [0.1, 0.15) is 21.6 Å². The van der Waals surface area contributed by atoms with E-state index in [-0.39, 0.29) is 22.0 Å². The van der Waals surface area contributed by atoms with Gasteiger partial charge in [-0.1, -0.05) is 6.07 Å². The number of carbonyl (C=O) groups is 1. The molecule has 0 aliphatic carbocycles. The summed E-state index contributed by atoms with van der Waals surface area (Å²) in [5.41, 5.74) is 1.28. The van der Waals surface area contributed by atoms with Crippen LogP contribution in [0.2, 0.25) is 0 Å². The first-order chi connectivity index (χ1) is 14.4. The van der Waals surface area contributed by atoms with Gasteiger partial charge in [-0.3, -0.25) is 0 Å². The fraction of sp³-hybridized carbons (Fsp3) is 0.158. The molecule has 0 atom stereocenters. The maximum Gasteiger partial charge on any atom is 0.335 e. The van der Waals surface area contributed by atoms with Crippen LogP contribution in [-0.2, 0) is 32.7 Å². The molecule has 12 heteroatoms. The van der Waals surface area contributed by atoms with Crippen LogP contribution in [0.4, 0.5) is 0 Å². The fourth-order valence-electron chi connectivity index (χ4n) is 2.85. The lowest BCUT2D eigenvalue weighted by molar-refractivity contribution is 0.0696. The van der Waals surface area contributed by atoms with Crippen LogP contribution in [-0.4, -0.2) is 44.1 Å². The number of hydrogen-bond acceptors (Lipinski definition) is 7. The van der Waals surface area contributed by atoms with Gasteiger partial charge in [-0.05, 0) is 48.7 Å². The molecule has 0 aliphatic heterocycles. The number of primary sulfonamides is 1. The molecular formula is C19H19N3O7S2. The molecule has 0 unspecified atom stereocenters. The van der Waals surface area contributed by atoms with E-state index < -0.39 is 30.7 Å². The Balaban J connectivity index is 2.00. The second kappa shape index (κ2) is 8.49. The standard InChI is InChI=1S/C19H19N3O7S2/c1-30(25,26)17-9-13(19(23)24)4-7-15(17)29-16-6-3-12(8-18(16)31(20,27)28)2-5-14-10-21-11-22-14/h3-4,6-11H,2,5H2,1H3,(H,21,22)(H,23,24)(H2,20,27,28). The van der Waals surface area contributed by atoms with Crippen molar-refractivity contribution in [3.8, 4) is 11.5 Å². The van der Waals surface area contributed by atoms with Crippen LogP contribution >= 0.6 is 0 Å². The van der Waals surface area contributed by atoms with Crippen molar-refractivity contribution in [1.82, 2.24) is 9.97 Å². The van der Waals surface area contributed by atoms with Gasteiger partial charge in [0.05, 0.1) is 11.9 Å². The van der Waals surface area contributed by atoms with Crippen molar-refractivity contribution in [1.29, 1.82) is 0 Å². The SMILES string of the molecule is CS(=O)(=O)c1cc(C(=O)O)ccc1Oc1ccc(CCc2cnc[nH]2)cc1S(N)(=O)=O. The largest absolute Gasteiger partial charge is 0.478 e. The Kier molecular flexibility index (Phi) is 6.15. The van der Waals surface area contributed by atoms with Crippen molar-refractivity contribution in [2.75, 3.05) is 6.26 Å². The number of nitrogens with zero attached hydrogens (tertiary/aromatic N) is 1. The molecule has 0 aliphatic rings. The van der Waals surface area contributed by atoms with Crippen molar-refractivity contribution in [2.45, 2.75) is 22.6 Å². The highest BCUT2D eigenvalue weighted by Crippen LogP contribution is 2.34. The number of sulfone groups is 1. The highest BCUT2D eigenvalue weighted by Gasteiger charge is 2.22. The van der Waals surface area contributed by atoms with Crippen LogP contribution in [0.25, 0.3) is 0 Å². The zero-order valence-electron chi connectivity index (χ0n) is 16.3. The summed E-state index contributed by atoms with van der Waals surface area (Å²) in [6.45, 7) is 0. The Morgan fingerprint density at radius 3 is 2.32 bits per heavy atom. The highest BCUT2D eigenvalue weighted by molar-refractivity contribution is 7.90. The molecular weight excluding hydrogens is 446 g/mol. The Hall–Kier alpha value is -3.22. The third kappa shape index (κ3) is 5.48. The first-order valence-corrected chi connectivity index (χ1v) is 12.3. The first kappa shape index (κ1) is 22.5. The van der Waals surface area contributed by atoms with Crippen LogP contribution in [0.15, 0.2) is 58.7 Å². The third-order valence-electron chi connectivity index (χ3n) is 4.36. The molecule has 0 bridgehead atoms. The molecule has 0 fully saturated rings. The molecule has 0 saturated carbocycles. The number of sulfonamides is 1. The number of aromatic carboxylic acids is 1. The molecule has 10 nitrogen and oxygen atoms in total. The van der Waals surface area contributed by atoms with Crippen molar-refractivity contribution < 1.29 is 31.5 Å². The van der Waals surface area contributed by atoms with E-state index in [4.69, 9.17) is 15.0 Å². The van der Waals surface area contributed by atoms with E-state index in [1.54, 1.807) is 12.3 Å². The summed E-state index contributed by atoms with van der Waals surface area (Å²) >= 11 is 0. The van der Waals surface area contributed by atoms with E-state index in [0.717, 1.165) is 30.1 Å². The Morgan fingerprint density at radius 2 is 1.74 bits per heavy atom. The number of aromatic amines is 1. The van der Waals surface area contributed by atoms with Crippen molar-refractivity contribution in [3.05, 3.63) is 65.7 Å². The van der Waals surface area contributed by atoms with Crippen LogP contribution in [0.3, 0.4) is 0 Å². The number of hydrogen-bond donors (Lipinski definition) is 3. The Bertz CT molecular complexity index is 1330. The smallest absolute Gasteiger partial charge is 0.335 e. The lowest BCUT2D eigenvalue weighted by atomic mass is 10.1. The Morgan fingerprint density at radius 1 is 1.06 bits per heavy atom.